The molecular weight excluding hydrogens is 464 g/mol. The molecule has 3 aliphatic heterocycles. The first-order chi connectivity index (χ1) is 18.3. The third-order valence-electron chi connectivity index (χ3n) is 5.06. The molecule has 0 saturated heterocycles. The second kappa shape index (κ2) is 13.6. The van der Waals surface area contributed by atoms with Crippen LogP contribution in [-0.4, -0.2) is 0 Å². The number of hydroxylamine groups is 3. The number of nitrogen functional groups attached to an aromatic ring is 1. The van der Waals surface area contributed by atoms with E-state index in [1.165, 1.54) is 0 Å². The van der Waals surface area contributed by atoms with Gasteiger partial charge in [0.15, 0.2) is 17.2 Å². The predicted octanol–water partition coefficient (Wildman–Crippen LogP) is 5.93. The molecule has 4 aromatic carbocycles. The van der Waals surface area contributed by atoms with Gasteiger partial charge in [0.2, 0.25) is 0 Å². The van der Waals surface area contributed by atoms with Crippen molar-refractivity contribution in [2.75, 3.05) is 5.73 Å². The molecule has 0 atom stereocenters. The molecule has 7 nitrogen and oxygen atoms in total. The predicted molar refractivity (Wildman–Crippen MR) is 149 cm³/mol. The van der Waals surface area contributed by atoms with E-state index < -0.39 is 0 Å². The van der Waals surface area contributed by atoms with Gasteiger partial charge in [-0.15, -0.1) is 0 Å². The number of fused-ring (bicyclic) bond motifs is 3. The van der Waals surface area contributed by atoms with E-state index in [9.17, 15) is 0 Å². The summed E-state index contributed by atoms with van der Waals surface area (Å²) in [5.41, 5.74) is 17.5. The topological polar surface area (TPSA) is 89.8 Å². The van der Waals surface area contributed by atoms with Crippen LogP contribution < -0.4 is 36.7 Å². The number of anilines is 1. The lowest BCUT2D eigenvalue weighted by Gasteiger charge is -2.11. The van der Waals surface area contributed by atoms with Crippen LogP contribution in [0.15, 0.2) is 122 Å². The number of para-hydroxylation sites is 4. The summed E-state index contributed by atoms with van der Waals surface area (Å²) in [6, 6.07) is 33.1. The molecule has 186 valence electrons. The van der Waals surface area contributed by atoms with Crippen LogP contribution >= 0.6 is 0 Å². The summed E-state index contributed by atoms with van der Waals surface area (Å²) in [5.74, 6) is 2.64. The minimum Gasteiger partial charge on any atom is -0.399 e. The Morgan fingerprint density at radius 2 is 0.730 bits per heavy atom. The van der Waals surface area contributed by atoms with E-state index in [2.05, 4.69) is 16.4 Å². The van der Waals surface area contributed by atoms with E-state index in [0.29, 0.717) is 0 Å². The minimum atomic E-state index is 0.822. The highest BCUT2D eigenvalue weighted by molar-refractivity contribution is 5.59. The van der Waals surface area contributed by atoms with Crippen LogP contribution in [0.25, 0.3) is 18.2 Å². The summed E-state index contributed by atoms with van der Waals surface area (Å²) in [4.78, 5) is 15.3. The lowest BCUT2D eigenvalue weighted by Crippen LogP contribution is -2.13. The van der Waals surface area contributed by atoms with Gasteiger partial charge in [-0.1, -0.05) is 72.8 Å². The van der Waals surface area contributed by atoms with E-state index in [-0.39, 0.29) is 0 Å². The van der Waals surface area contributed by atoms with E-state index in [1.54, 1.807) is 18.6 Å². The standard InChI is InChI=1S/3C8H7NO.C6H7N/c3*1-2-4-8-7(3-1)5-6-9-10-8;7-6-4-2-1-3-5-6/h3*1-6,9H;1-5H,7H2. The lowest BCUT2D eigenvalue weighted by atomic mass is 10.2. The summed E-state index contributed by atoms with van der Waals surface area (Å²) >= 11 is 0. The first-order valence-corrected chi connectivity index (χ1v) is 11.6. The summed E-state index contributed by atoms with van der Waals surface area (Å²) in [6.45, 7) is 0. The maximum atomic E-state index is 5.36. The van der Waals surface area contributed by atoms with Gasteiger partial charge in [-0.25, -0.2) is 16.4 Å². The van der Waals surface area contributed by atoms with Crippen LogP contribution in [0.2, 0.25) is 0 Å². The van der Waals surface area contributed by atoms with Crippen molar-refractivity contribution in [2.45, 2.75) is 0 Å². The SMILES string of the molecule is C1=Cc2ccccc2ON1.C1=Cc2ccccc2ON1.C1=Cc2ccccc2ON1.Nc1ccccc1. The van der Waals surface area contributed by atoms with Crippen molar-refractivity contribution in [3.05, 3.63) is 138 Å². The molecule has 0 bridgehead atoms. The van der Waals surface area contributed by atoms with E-state index in [1.807, 2.05) is 121 Å². The van der Waals surface area contributed by atoms with Gasteiger partial charge in [0, 0.05) is 41.0 Å². The van der Waals surface area contributed by atoms with Crippen molar-refractivity contribution in [1.29, 1.82) is 0 Å². The fraction of sp³-hybridized carbons (Fsp3) is 0. The molecule has 7 heteroatoms. The Kier molecular flexibility index (Phi) is 9.09. The number of nitrogens with one attached hydrogen (secondary N) is 3. The Morgan fingerprint density at radius 1 is 0.405 bits per heavy atom. The fourth-order valence-electron chi connectivity index (χ4n) is 3.25. The van der Waals surface area contributed by atoms with Crippen LogP contribution in [0.3, 0.4) is 0 Å². The molecule has 0 spiro atoms. The van der Waals surface area contributed by atoms with Crippen molar-refractivity contribution in [2.24, 2.45) is 0 Å². The second-order valence-corrected chi connectivity index (χ2v) is 7.68. The first-order valence-electron chi connectivity index (χ1n) is 11.6. The van der Waals surface area contributed by atoms with Gasteiger partial charge in [-0.3, -0.25) is 0 Å². The van der Waals surface area contributed by atoms with Gasteiger partial charge in [-0.05, 0) is 48.6 Å². The van der Waals surface area contributed by atoms with Gasteiger partial charge in [-0.2, -0.15) is 0 Å². The third-order valence-corrected chi connectivity index (χ3v) is 5.06. The molecule has 7 rings (SSSR count). The van der Waals surface area contributed by atoms with Crippen molar-refractivity contribution in [3.8, 4) is 17.2 Å². The Morgan fingerprint density at radius 3 is 1.03 bits per heavy atom. The summed E-state index contributed by atoms with van der Waals surface area (Å²) in [5, 5.41) is 0. The van der Waals surface area contributed by atoms with Crippen molar-refractivity contribution >= 4 is 23.9 Å². The highest BCUT2D eigenvalue weighted by Gasteiger charge is 2.03. The average Bonchev–Trinajstić information content (AvgIpc) is 2.99. The number of rotatable bonds is 0. The Hall–Kier alpha value is -5.30. The molecule has 37 heavy (non-hydrogen) atoms. The molecular formula is C30H28N4O3. The maximum absolute atomic E-state index is 5.36. The zero-order valence-corrected chi connectivity index (χ0v) is 20.1. The maximum Gasteiger partial charge on any atom is 0.162 e. The number of hydrogen-bond donors (Lipinski definition) is 4. The lowest BCUT2D eigenvalue weighted by molar-refractivity contribution is 0.239. The van der Waals surface area contributed by atoms with Crippen molar-refractivity contribution in [3.63, 3.8) is 0 Å². The Bertz CT molecular complexity index is 1220. The third kappa shape index (κ3) is 7.87. The Labute approximate surface area is 216 Å². The van der Waals surface area contributed by atoms with Gasteiger partial charge < -0.3 is 20.2 Å². The van der Waals surface area contributed by atoms with Gasteiger partial charge in [0.1, 0.15) is 0 Å². The smallest absolute Gasteiger partial charge is 0.162 e. The van der Waals surface area contributed by atoms with Crippen LogP contribution in [0.1, 0.15) is 16.7 Å². The van der Waals surface area contributed by atoms with Crippen LogP contribution in [-0.2, 0) is 0 Å². The molecule has 0 saturated carbocycles. The molecule has 4 aromatic rings. The number of nitrogens with two attached hydrogens (primary N) is 1. The summed E-state index contributed by atoms with van der Waals surface area (Å²) in [7, 11) is 0. The van der Waals surface area contributed by atoms with E-state index in [0.717, 1.165) is 39.6 Å². The first kappa shape index (κ1) is 24.8. The molecule has 3 aliphatic rings. The van der Waals surface area contributed by atoms with Crippen LogP contribution in [0, 0.1) is 0 Å². The van der Waals surface area contributed by atoms with Crippen LogP contribution in [0.5, 0.6) is 17.2 Å². The molecule has 0 aliphatic carbocycles. The monoisotopic (exact) mass is 492 g/mol. The average molecular weight is 493 g/mol. The van der Waals surface area contributed by atoms with Gasteiger partial charge in [0.05, 0.1) is 0 Å². The quantitative estimate of drug-likeness (QED) is 0.226. The summed E-state index contributed by atoms with van der Waals surface area (Å²) in [6.07, 6.45) is 11.2. The molecule has 0 aromatic heterocycles. The molecule has 3 heterocycles. The molecule has 0 unspecified atom stereocenters. The number of benzene rings is 4. The highest BCUT2D eigenvalue weighted by Crippen LogP contribution is 2.21. The zero-order valence-electron chi connectivity index (χ0n) is 20.1. The Balaban J connectivity index is 0.000000116. The van der Waals surface area contributed by atoms with Crippen molar-refractivity contribution in [1.82, 2.24) is 16.4 Å². The fourth-order valence-corrected chi connectivity index (χ4v) is 3.25. The molecule has 0 radical (unpaired) electrons. The van der Waals surface area contributed by atoms with Crippen LogP contribution in [0.4, 0.5) is 5.69 Å². The minimum absolute atomic E-state index is 0.822. The molecule has 0 fully saturated rings. The summed E-state index contributed by atoms with van der Waals surface area (Å²) < 4.78 is 0. The van der Waals surface area contributed by atoms with E-state index in [4.69, 9.17) is 20.2 Å². The normalized spacial score (nSPS) is 12.3. The van der Waals surface area contributed by atoms with Gasteiger partial charge in [0.25, 0.3) is 0 Å². The van der Waals surface area contributed by atoms with Gasteiger partial charge >= 0.3 is 0 Å². The van der Waals surface area contributed by atoms with E-state index >= 15 is 0 Å². The number of hydrogen-bond acceptors (Lipinski definition) is 7. The largest absolute Gasteiger partial charge is 0.399 e. The zero-order chi connectivity index (χ0) is 25.5. The second-order valence-electron chi connectivity index (χ2n) is 7.68. The highest BCUT2D eigenvalue weighted by atomic mass is 16.7. The molecule has 5 N–H and O–H groups in total. The van der Waals surface area contributed by atoms with Crippen molar-refractivity contribution < 1.29 is 14.5 Å². The molecule has 0 amide bonds.